The molecule has 1 unspecified atom stereocenters. The number of ketones is 1. The average molecular weight is 521 g/mol. The van der Waals surface area contributed by atoms with E-state index in [2.05, 4.69) is 0 Å². The van der Waals surface area contributed by atoms with Gasteiger partial charge < -0.3 is 9.84 Å². The molecule has 1 aliphatic heterocycles. The quantitative estimate of drug-likeness (QED) is 0.228. The topological polar surface area (TPSA) is 66.8 Å². The number of aliphatic hydroxyl groups excluding tert-OH is 1. The lowest BCUT2D eigenvalue weighted by Gasteiger charge is -2.26. The Bertz CT molecular complexity index is 1320. The summed E-state index contributed by atoms with van der Waals surface area (Å²) in [4.78, 5) is 27.4. The summed E-state index contributed by atoms with van der Waals surface area (Å²) in [5, 5.41) is 11.9. The molecule has 1 aliphatic rings. The Balaban J connectivity index is 1.97. The van der Waals surface area contributed by atoms with Gasteiger partial charge in [0.15, 0.2) is 0 Å². The van der Waals surface area contributed by atoms with Crippen LogP contribution in [0.2, 0.25) is 15.1 Å². The van der Waals surface area contributed by atoms with Crippen LogP contribution in [0.4, 0.5) is 10.1 Å². The first-order valence-corrected chi connectivity index (χ1v) is 11.3. The van der Waals surface area contributed by atoms with Gasteiger partial charge in [-0.1, -0.05) is 53.0 Å². The Morgan fingerprint density at radius 2 is 1.71 bits per heavy atom. The van der Waals surface area contributed by atoms with Gasteiger partial charge in [0.25, 0.3) is 11.7 Å². The number of ether oxygens (including phenoxy) is 1. The number of anilines is 1. The number of rotatable bonds is 5. The SMILES string of the molecule is CCOc1cc(/C(O)=C2\C(=O)C(=O)N(c3cc(Cl)cc(Cl)c3)C2c2ccccc2F)ccc1Cl. The van der Waals surface area contributed by atoms with Gasteiger partial charge in [-0.05, 0) is 49.4 Å². The second-order valence-corrected chi connectivity index (χ2v) is 8.68. The summed E-state index contributed by atoms with van der Waals surface area (Å²) in [6.45, 7) is 2.09. The number of hydrogen-bond donors (Lipinski definition) is 1. The average Bonchev–Trinajstić information content (AvgIpc) is 3.05. The molecule has 1 fully saturated rings. The predicted octanol–water partition coefficient (Wildman–Crippen LogP) is 6.81. The van der Waals surface area contributed by atoms with E-state index in [1.54, 1.807) is 13.0 Å². The van der Waals surface area contributed by atoms with Crippen molar-refractivity contribution < 1.29 is 23.8 Å². The van der Waals surface area contributed by atoms with E-state index in [4.69, 9.17) is 39.5 Å². The standard InChI is InChI=1S/C25H17Cl3FNO4/c1-2-34-20-9-13(7-8-18(20)28)23(31)21-22(17-5-3-4-6-19(17)29)30(25(33)24(21)32)16-11-14(26)10-15(27)12-16/h3-12,22,31H,2H2,1H3/b23-21+. The molecule has 0 aromatic heterocycles. The summed E-state index contributed by atoms with van der Waals surface area (Å²) in [5.74, 6) is -2.84. The molecule has 0 spiro atoms. The zero-order valence-electron chi connectivity index (χ0n) is 17.7. The summed E-state index contributed by atoms with van der Waals surface area (Å²) in [5.41, 5.74) is 0.0728. The van der Waals surface area contributed by atoms with Crippen LogP contribution in [0, 0.1) is 5.82 Å². The van der Waals surface area contributed by atoms with Crippen LogP contribution in [-0.2, 0) is 9.59 Å². The third kappa shape index (κ3) is 4.37. The molecular formula is C25H17Cl3FNO4. The second kappa shape index (κ2) is 9.66. The molecule has 0 aliphatic carbocycles. The van der Waals surface area contributed by atoms with Crippen LogP contribution in [-0.4, -0.2) is 23.4 Å². The Hall–Kier alpha value is -3.06. The first-order valence-electron chi connectivity index (χ1n) is 10.2. The van der Waals surface area contributed by atoms with Crippen LogP contribution in [0.15, 0.2) is 66.2 Å². The molecule has 1 N–H and O–H groups in total. The largest absolute Gasteiger partial charge is 0.507 e. The van der Waals surface area contributed by atoms with Gasteiger partial charge in [0.2, 0.25) is 0 Å². The van der Waals surface area contributed by atoms with Gasteiger partial charge in [0.1, 0.15) is 17.3 Å². The molecule has 5 nitrogen and oxygen atoms in total. The van der Waals surface area contributed by atoms with E-state index < -0.39 is 29.3 Å². The highest BCUT2D eigenvalue weighted by Crippen LogP contribution is 2.44. The molecule has 174 valence electrons. The van der Waals surface area contributed by atoms with Crippen LogP contribution < -0.4 is 9.64 Å². The van der Waals surface area contributed by atoms with Crippen LogP contribution in [0.25, 0.3) is 5.76 Å². The molecule has 0 saturated carbocycles. The van der Waals surface area contributed by atoms with Crippen LogP contribution in [0.5, 0.6) is 5.75 Å². The maximum atomic E-state index is 15.0. The van der Waals surface area contributed by atoms with Crippen LogP contribution >= 0.6 is 34.8 Å². The van der Waals surface area contributed by atoms with E-state index in [1.807, 2.05) is 0 Å². The van der Waals surface area contributed by atoms with Crippen molar-refractivity contribution in [1.82, 2.24) is 0 Å². The number of benzene rings is 3. The maximum Gasteiger partial charge on any atom is 0.300 e. The van der Waals surface area contributed by atoms with Gasteiger partial charge in [0, 0.05) is 26.9 Å². The molecule has 1 saturated heterocycles. The van der Waals surface area contributed by atoms with Gasteiger partial charge in [-0.25, -0.2) is 4.39 Å². The third-order valence-electron chi connectivity index (χ3n) is 5.27. The first kappa shape index (κ1) is 24.1. The van der Waals surface area contributed by atoms with Crippen LogP contribution in [0.1, 0.15) is 24.1 Å². The van der Waals surface area contributed by atoms with Crippen molar-refractivity contribution in [2.24, 2.45) is 0 Å². The molecular weight excluding hydrogens is 504 g/mol. The minimum Gasteiger partial charge on any atom is -0.507 e. The van der Waals surface area contributed by atoms with E-state index >= 15 is 0 Å². The zero-order valence-corrected chi connectivity index (χ0v) is 20.0. The van der Waals surface area contributed by atoms with E-state index in [0.717, 1.165) is 4.90 Å². The monoisotopic (exact) mass is 519 g/mol. The Morgan fingerprint density at radius 3 is 2.35 bits per heavy atom. The number of nitrogens with zero attached hydrogens (tertiary/aromatic N) is 1. The minimum atomic E-state index is -1.28. The van der Waals surface area contributed by atoms with Gasteiger partial charge in [-0.15, -0.1) is 0 Å². The number of carbonyl (C=O) groups excluding carboxylic acids is 2. The normalized spacial score (nSPS) is 17.3. The molecule has 1 atom stereocenters. The van der Waals surface area contributed by atoms with Crippen molar-refractivity contribution in [3.8, 4) is 5.75 Å². The van der Waals surface area contributed by atoms with Gasteiger partial charge >= 0.3 is 0 Å². The van der Waals surface area contributed by atoms with E-state index in [9.17, 15) is 19.1 Å². The third-order valence-corrected chi connectivity index (χ3v) is 6.02. The minimum absolute atomic E-state index is 0.0124. The molecule has 3 aromatic rings. The number of halogens is 4. The van der Waals surface area contributed by atoms with Crippen molar-refractivity contribution in [2.75, 3.05) is 11.5 Å². The summed E-state index contributed by atoms with van der Waals surface area (Å²) in [6.07, 6.45) is 0. The molecule has 34 heavy (non-hydrogen) atoms. The molecule has 9 heteroatoms. The number of hydrogen-bond acceptors (Lipinski definition) is 4. The van der Waals surface area contributed by atoms with Gasteiger partial charge in [0.05, 0.1) is 23.2 Å². The molecule has 0 bridgehead atoms. The van der Waals surface area contributed by atoms with Crippen LogP contribution in [0.3, 0.4) is 0 Å². The Morgan fingerprint density at radius 1 is 1.03 bits per heavy atom. The van der Waals surface area contributed by atoms with E-state index in [-0.39, 0.29) is 38.2 Å². The molecule has 4 rings (SSSR count). The predicted molar refractivity (Wildman–Crippen MR) is 130 cm³/mol. The summed E-state index contributed by atoms with van der Waals surface area (Å²) >= 11 is 18.4. The fourth-order valence-corrected chi connectivity index (χ4v) is 4.53. The highest BCUT2D eigenvalue weighted by atomic mass is 35.5. The lowest BCUT2D eigenvalue weighted by Crippen LogP contribution is -2.29. The number of aliphatic hydroxyl groups is 1. The fourth-order valence-electron chi connectivity index (χ4n) is 3.84. The Labute approximate surface area is 209 Å². The molecule has 3 aromatic carbocycles. The van der Waals surface area contributed by atoms with E-state index in [1.165, 1.54) is 54.6 Å². The fraction of sp³-hybridized carbons (Fsp3) is 0.120. The molecule has 1 amide bonds. The summed E-state index contributed by atoms with van der Waals surface area (Å²) in [6, 6.07) is 13.2. The molecule has 0 radical (unpaired) electrons. The van der Waals surface area contributed by atoms with E-state index in [0.29, 0.717) is 11.6 Å². The Kier molecular flexibility index (Phi) is 6.84. The summed E-state index contributed by atoms with van der Waals surface area (Å²) in [7, 11) is 0. The number of amides is 1. The number of carbonyl (C=O) groups is 2. The highest BCUT2D eigenvalue weighted by molar-refractivity contribution is 6.52. The zero-order chi connectivity index (χ0) is 24.6. The second-order valence-electron chi connectivity index (χ2n) is 7.40. The maximum absolute atomic E-state index is 15.0. The first-order chi connectivity index (χ1) is 16.2. The van der Waals surface area contributed by atoms with Crippen molar-refractivity contribution >= 4 is 57.9 Å². The van der Waals surface area contributed by atoms with Crippen molar-refractivity contribution in [2.45, 2.75) is 13.0 Å². The number of Topliss-reactive ketones (excluding diaryl/α,β-unsaturated/α-hetero) is 1. The smallest absolute Gasteiger partial charge is 0.300 e. The lowest BCUT2D eigenvalue weighted by molar-refractivity contribution is -0.132. The van der Waals surface area contributed by atoms with Crippen molar-refractivity contribution in [1.29, 1.82) is 0 Å². The highest BCUT2D eigenvalue weighted by Gasteiger charge is 2.48. The van der Waals surface area contributed by atoms with Gasteiger partial charge in [-0.3, -0.25) is 14.5 Å². The lowest BCUT2D eigenvalue weighted by atomic mass is 9.94. The summed E-state index contributed by atoms with van der Waals surface area (Å²) < 4.78 is 20.4. The molecule has 1 heterocycles. The van der Waals surface area contributed by atoms with Crippen molar-refractivity contribution in [3.05, 3.63) is 98.2 Å². The van der Waals surface area contributed by atoms with Gasteiger partial charge in [-0.2, -0.15) is 0 Å². The van der Waals surface area contributed by atoms with Crippen molar-refractivity contribution in [3.63, 3.8) is 0 Å².